The zero-order valence-corrected chi connectivity index (χ0v) is 22.8. The van der Waals surface area contributed by atoms with E-state index in [-0.39, 0.29) is 17.4 Å². The Morgan fingerprint density at radius 1 is 1.07 bits per heavy atom. The Hall–Kier alpha value is -4.11. The highest BCUT2D eigenvalue weighted by Gasteiger charge is 2.33. The van der Waals surface area contributed by atoms with Crippen LogP contribution < -0.4 is 5.56 Å². The minimum Gasteiger partial charge on any atom is -0.468 e. The second-order valence-electron chi connectivity index (χ2n) is 10.9. The average molecular weight is 541 g/mol. The summed E-state index contributed by atoms with van der Waals surface area (Å²) in [6, 6.07) is 15.9. The van der Waals surface area contributed by atoms with Crippen LogP contribution in [0.2, 0.25) is 0 Å². The first-order chi connectivity index (χ1) is 19.5. The van der Waals surface area contributed by atoms with Gasteiger partial charge in [-0.1, -0.05) is 37.5 Å². The van der Waals surface area contributed by atoms with Gasteiger partial charge in [0, 0.05) is 23.0 Å². The lowest BCUT2D eigenvalue weighted by molar-refractivity contribution is 0.173. The van der Waals surface area contributed by atoms with Crippen molar-refractivity contribution in [2.45, 2.75) is 71.1 Å². The van der Waals surface area contributed by atoms with Gasteiger partial charge in [-0.3, -0.25) is 9.69 Å². The van der Waals surface area contributed by atoms with Crippen molar-refractivity contribution in [2.75, 3.05) is 0 Å². The Morgan fingerprint density at radius 3 is 2.62 bits per heavy atom. The van der Waals surface area contributed by atoms with Gasteiger partial charge in [-0.05, 0) is 90.2 Å². The number of hydrogen-bond acceptors (Lipinski definition) is 6. The fourth-order valence-corrected chi connectivity index (χ4v) is 6.02. The number of H-pyrrole nitrogens is 1. The topological polar surface area (TPSA) is 92.8 Å². The van der Waals surface area contributed by atoms with Gasteiger partial charge in [0.05, 0.1) is 18.8 Å². The number of aromatic nitrogens is 5. The molecule has 40 heavy (non-hydrogen) atoms. The van der Waals surface area contributed by atoms with E-state index in [0.29, 0.717) is 24.5 Å². The molecular weight excluding hydrogens is 507 g/mol. The van der Waals surface area contributed by atoms with Gasteiger partial charge in [-0.25, -0.2) is 9.07 Å². The fourth-order valence-electron chi connectivity index (χ4n) is 6.02. The lowest BCUT2D eigenvalue weighted by Gasteiger charge is -2.32. The molecule has 3 heterocycles. The number of halogens is 1. The van der Waals surface area contributed by atoms with Crippen LogP contribution in [0.5, 0.6) is 0 Å². The maximum atomic E-state index is 13.9. The number of nitrogens with zero attached hydrogens (tertiary/aromatic N) is 5. The van der Waals surface area contributed by atoms with Crippen LogP contribution in [0.25, 0.3) is 10.9 Å². The van der Waals surface area contributed by atoms with Gasteiger partial charge < -0.3 is 9.40 Å². The maximum Gasteiger partial charge on any atom is 0.253 e. The molecular formula is C31H33FN6O2. The van der Waals surface area contributed by atoms with Crippen molar-refractivity contribution in [2.24, 2.45) is 0 Å². The minimum atomic E-state index is -0.582. The maximum absolute atomic E-state index is 13.9. The average Bonchev–Trinajstić information content (AvgIpc) is 3.64. The predicted molar refractivity (Wildman–Crippen MR) is 150 cm³/mol. The number of furan rings is 1. The molecule has 9 heteroatoms. The van der Waals surface area contributed by atoms with E-state index in [1.54, 1.807) is 18.4 Å². The summed E-state index contributed by atoms with van der Waals surface area (Å²) < 4.78 is 21.5. The van der Waals surface area contributed by atoms with Gasteiger partial charge in [0.15, 0.2) is 5.82 Å². The van der Waals surface area contributed by atoms with Crippen LogP contribution in [0.15, 0.2) is 70.1 Å². The smallest absolute Gasteiger partial charge is 0.253 e. The third-order valence-corrected chi connectivity index (χ3v) is 7.92. The summed E-state index contributed by atoms with van der Waals surface area (Å²) >= 11 is 0. The van der Waals surface area contributed by atoms with Gasteiger partial charge in [0.2, 0.25) is 0 Å². The molecule has 3 aromatic heterocycles. The first-order valence-corrected chi connectivity index (χ1v) is 13.9. The monoisotopic (exact) mass is 540 g/mol. The molecule has 0 unspecified atom stereocenters. The molecule has 0 radical (unpaired) electrons. The van der Waals surface area contributed by atoms with Crippen molar-refractivity contribution in [3.05, 3.63) is 111 Å². The third-order valence-electron chi connectivity index (χ3n) is 7.92. The Labute approximate surface area is 231 Å². The standard InChI is InChI=1S/C31H33FN6O2/c1-20-15-21(2)26-17-27(31(39)33-28(26)16-20)29(30-34-35-36-38(30)24-7-4-3-5-8-24)37(19-25-9-6-14-40-25)18-22-10-12-23(32)13-11-22/h6,9-17,24,29H,3-5,7-8,18-19H2,1-2H3,(H,33,39)/t29-/m0/s1. The number of aryl methyl sites for hydroxylation is 2. The molecule has 0 saturated heterocycles. The van der Waals surface area contributed by atoms with Crippen LogP contribution >= 0.6 is 0 Å². The number of hydrogen-bond donors (Lipinski definition) is 1. The SMILES string of the molecule is Cc1cc(C)c2cc([C@@H](c3nnnn3C3CCCCC3)N(Cc3ccc(F)cc3)Cc3ccco3)c(=O)[nH]c2c1. The molecule has 5 aromatic rings. The first kappa shape index (κ1) is 26.1. The molecule has 0 amide bonds. The molecule has 1 N–H and O–H groups in total. The molecule has 0 spiro atoms. The highest BCUT2D eigenvalue weighted by atomic mass is 19.1. The van der Waals surface area contributed by atoms with Crippen LogP contribution in [-0.2, 0) is 13.1 Å². The number of aromatic amines is 1. The molecule has 1 aliphatic rings. The fraction of sp³-hybridized carbons (Fsp3) is 0.355. The lowest BCUT2D eigenvalue weighted by atomic mass is 9.94. The van der Waals surface area contributed by atoms with E-state index in [9.17, 15) is 9.18 Å². The number of rotatable bonds is 8. The largest absolute Gasteiger partial charge is 0.468 e. The quantitative estimate of drug-likeness (QED) is 0.253. The molecule has 8 nitrogen and oxygen atoms in total. The van der Waals surface area contributed by atoms with Crippen molar-refractivity contribution in [1.29, 1.82) is 0 Å². The van der Waals surface area contributed by atoms with E-state index >= 15 is 0 Å². The van der Waals surface area contributed by atoms with Gasteiger partial charge >= 0.3 is 0 Å². The normalized spacial score (nSPS) is 15.2. The van der Waals surface area contributed by atoms with Crippen molar-refractivity contribution in [3.8, 4) is 0 Å². The molecule has 1 atom stereocenters. The lowest BCUT2D eigenvalue weighted by Crippen LogP contribution is -2.35. The van der Waals surface area contributed by atoms with Crippen LogP contribution in [0.1, 0.15) is 78.0 Å². The Balaban J connectivity index is 1.54. The van der Waals surface area contributed by atoms with Crippen molar-refractivity contribution >= 4 is 10.9 Å². The molecule has 1 saturated carbocycles. The molecule has 2 aromatic carbocycles. The van der Waals surface area contributed by atoms with E-state index in [0.717, 1.165) is 59.0 Å². The summed E-state index contributed by atoms with van der Waals surface area (Å²) in [6.45, 7) is 4.90. The summed E-state index contributed by atoms with van der Waals surface area (Å²) in [4.78, 5) is 19.1. The summed E-state index contributed by atoms with van der Waals surface area (Å²) in [5.41, 5.74) is 4.23. The molecule has 0 aliphatic heterocycles. The highest BCUT2D eigenvalue weighted by molar-refractivity contribution is 5.83. The second-order valence-corrected chi connectivity index (χ2v) is 10.9. The first-order valence-electron chi connectivity index (χ1n) is 13.9. The van der Waals surface area contributed by atoms with Crippen LogP contribution in [0.4, 0.5) is 4.39 Å². The minimum absolute atomic E-state index is 0.168. The third kappa shape index (κ3) is 5.34. The number of tetrazole rings is 1. The van der Waals surface area contributed by atoms with Crippen LogP contribution in [0, 0.1) is 19.7 Å². The second kappa shape index (κ2) is 11.2. The zero-order valence-electron chi connectivity index (χ0n) is 22.8. The Bertz CT molecular complexity index is 1650. The number of benzene rings is 2. The molecule has 206 valence electrons. The molecule has 0 bridgehead atoms. The zero-order chi connectivity index (χ0) is 27.6. The predicted octanol–water partition coefficient (Wildman–Crippen LogP) is 6.16. The highest BCUT2D eigenvalue weighted by Crippen LogP contribution is 2.35. The van der Waals surface area contributed by atoms with Crippen LogP contribution in [-0.4, -0.2) is 30.1 Å². The summed E-state index contributed by atoms with van der Waals surface area (Å²) in [5.74, 6) is 1.07. The van der Waals surface area contributed by atoms with Crippen LogP contribution in [0.3, 0.4) is 0 Å². The van der Waals surface area contributed by atoms with E-state index in [1.165, 1.54) is 18.6 Å². The van der Waals surface area contributed by atoms with Crippen molar-refractivity contribution in [3.63, 3.8) is 0 Å². The van der Waals surface area contributed by atoms with E-state index in [1.807, 2.05) is 35.9 Å². The summed E-state index contributed by atoms with van der Waals surface area (Å²) in [6.07, 6.45) is 7.07. The summed E-state index contributed by atoms with van der Waals surface area (Å²) in [5, 5.41) is 14.1. The molecule has 1 aliphatic carbocycles. The Kier molecular flexibility index (Phi) is 7.30. The number of pyridine rings is 1. The van der Waals surface area contributed by atoms with Gasteiger partial charge in [-0.15, -0.1) is 5.10 Å². The molecule has 1 fully saturated rings. The van der Waals surface area contributed by atoms with E-state index in [2.05, 4.69) is 38.4 Å². The Morgan fingerprint density at radius 2 is 1.88 bits per heavy atom. The van der Waals surface area contributed by atoms with E-state index in [4.69, 9.17) is 4.42 Å². The van der Waals surface area contributed by atoms with Gasteiger partial charge in [-0.2, -0.15) is 0 Å². The van der Waals surface area contributed by atoms with E-state index < -0.39 is 6.04 Å². The number of fused-ring (bicyclic) bond motifs is 1. The number of nitrogens with one attached hydrogen (secondary N) is 1. The molecule has 6 rings (SSSR count). The van der Waals surface area contributed by atoms with Crippen molar-refractivity contribution in [1.82, 2.24) is 30.1 Å². The van der Waals surface area contributed by atoms with Gasteiger partial charge in [0.25, 0.3) is 5.56 Å². The summed E-state index contributed by atoms with van der Waals surface area (Å²) in [7, 11) is 0. The van der Waals surface area contributed by atoms with Crippen molar-refractivity contribution < 1.29 is 8.81 Å². The van der Waals surface area contributed by atoms with Gasteiger partial charge in [0.1, 0.15) is 17.6 Å².